The number of hydrogen-bond donors (Lipinski definition) is 1. The maximum atomic E-state index is 13.1. The number of ether oxygens (including phenoxy) is 1. The number of hydrogen-bond acceptors (Lipinski definition) is 4. The van der Waals surface area contributed by atoms with E-state index in [1.165, 1.54) is 23.9 Å². The van der Waals surface area contributed by atoms with Gasteiger partial charge in [0.05, 0.1) is 6.21 Å². The lowest BCUT2D eigenvalue weighted by molar-refractivity contribution is -0.274. The number of halogens is 3. The standard InChI is InChI=1S/C24H29F3N2O2/c1-22(2)9-10-23(3,4)19-13-20(29(5)6)16(12-18(19)22)17-11-15(14-28-30)7-8-21(17)31-24(25,26)27/h7-8,11-14,30H,9-10H2,1-6H3/b28-14+. The van der Waals surface area contributed by atoms with Crippen molar-refractivity contribution in [2.24, 2.45) is 5.16 Å². The van der Waals surface area contributed by atoms with E-state index in [2.05, 4.69) is 43.7 Å². The molecule has 0 spiro atoms. The number of nitrogens with zero attached hydrogens (tertiary/aromatic N) is 2. The molecule has 4 nitrogen and oxygen atoms in total. The minimum Gasteiger partial charge on any atom is -0.411 e. The maximum Gasteiger partial charge on any atom is 0.573 e. The highest BCUT2D eigenvalue weighted by atomic mass is 19.4. The van der Waals surface area contributed by atoms with E-state index in [9.17, 15) is 13.2 Å². The first-order valence-electron chi connectivity index (χ1n) is 10.2. The molecule has 0 aromatic heterocycles. The van der Waals surface area contributed by atoms with Crippen LogP contribution in [0.1, 0.15) is 57.2 Å². The number of anilines is 1. The molecular weight excluding hydrogens is 405 g/mol. The summed E-state index contributed by atoms with van der Waals surface area (Å²) in [4.78, 5) is 1.90. The van der Waals surface area contributed by atoms with E-state index >= 15 is 0 Å². The summed E-state index contributed by atoms with van der Waals surface area (Å²) in [5.41, 5.74) is 4.39. The fraction of sp³-hybridized carbons (Fsp3) is 0.458. The van der Waals surface area contributed by atoms with Crippen molar-refractivity contribution in [1.29, 1.82) is 0 Å². The Morgan fingerprint density at radius 3 is 2.06 bits per heavy atom. The number of fused-ring (bicyclic) bond motifs is 1. The monoisotopic (exact) mass is 434 g/mol. The number of oxime groups is 1. The van der Waals surface area contributed by atoms with Crippen molar-refractivity contribution < 1.29 is 23.1 Å². The van der Waals surface area contributed by atoms with Gasteiger partial charge in [0.2, 0.25) is 0 Å². The summed E-state index contributed by atoms with van der Waals surface area (Å²) in [6, 6.07) is 8.33. The van der Waals surface area contributed by atoms with Crippen LogP contribution in [0.3, 0.4) is 0 Å². The largest absolute Gasteiger partial charge is 0.573 e. The van der Waals surface area contributed by atoms with Gasteiger partial charge in [0.25, 0.3) is 0 Å². The minimum atomic E-state index is -4.82. The van der Waals surface area contributed by atoms with Crippen LogP contribution >= 0.6 is 0 Å². The third kappa shape index (κ3) is 4.65. The van der Waals surface area contributed by atoms with Crippen LogP contribution in [0.2, 0.25) is 0 Å². The van der Waals surface area contributed by atoms with Crippen molar-refractivity contribution in [1.82, 2.24) is 0 Å². The zero-order chi connectivity index (χ0) is 23.2. The molecule has 0 amide bonds. The van der Waals surface area contributed by atoms with Crippen molar-refractivity contribution in [3.05, 3.63) is 47.0 Å². The van der Waals surface area contributed by atoms with E-state index in [-0.39, 0.29) is 16.6 Å². The summed E-state index contributed by atoms with van der Waals surface area (Å²) in [7, 11) is 3.74. The topological polar surface area (TPSA) is 45.1 Å². The highest BCUT2D eigenvalue weighted by Crippen LogP contribution is 2.50. The van der Waals surface area contributed by atoms with Gasteiger partial charge >= 0.3 is 6.36 Å². The van der Waals surface area contributed by atoms with Gasteiger partial charge in [-0.05, 0) is 70.7 Å². The first-order valence-corrected chi connectivity index (χ1v) is 10.2. The Kier molecular flexibility index (Phi) is 5.76. The number of benzene rings is 2. The van der Waals surface area contributed by atoms with Crippen molar-refractivity contribution in [3.63, 3.8) is 0 Å². The average molecular weight is 435 g/mol. The lowest BCUT2D eigenvalue weighted by atomic mass is 9.62. The summed E-state index contributed by atoms with van der Waals surface area (Å²) in [5, 5.41) is 11.9. The first kappa shape index (κ1) is 23.0. The Balaban J connectivity index is 2.35. The van der Waals surface area contributed by atoms with Crippen molar-refractivity contribution in [3.8, 4) is 16.9 Å². The van der Waals surface area contributed by atoms with Crippen LogP contribution in [0.15, 0.2) is 35.5 Å². The molecular formula is C24H29F3N2O2. The number of alkyl halides is 3. The second-order valence-corrected chi connectivity index (χ2v) is 9.63. The normalized spacial score (nSPS) is 17.5. The molecule has 2 aromatic carbocycles. The number of rotatable bonds is 4. The lowest BCUT2D eigenvalue weighted by Gasteiger charge is -2.43. The third-order valence-electron chi connectivity index (χ3n) is 6.18. The van der Waals surface area contributed by atoms with Gasteiger partial charge in [-0.3, -0.25) is 0 Å². The van der Waals surface area contributed by atoms with Crippen LogP contribution in [0.4, 0.5) is 18.9 Å². The summed E-state index contributed by atoms with van der Waals surface area (Å²) in [5.74, 6) is -0.293. The summed E-state index contributed by atoms with van der Waals surface area (Å²) < 4.78 is 43.8. The molecule has 2 aromatic rings. The molecule has 0 aliphatic heterocycles. The predicted octanol–water partition coefficient (Wildman–Crippen LogP) is 6.48. The molecule has 31 heavy (non-hydrogen) atoms. The molecule has 1 aliphatic carbocycles. The molecule has 0 bridgehead atoms. The fourth-order valence-corrected chi connectivity index (χ4v) is 4.31. The van der Waals surface area contributed by atoms with Gasteiger partial charge in [-0.2, -0.15) is 0 Å². The van der Waals surface area contributed by atoms with E-state index in [0.717, 1.165) is 24.1 Å². The van der Waals surface area contributed by atoms with Crippen LogP contribution in [-0.2, 0) is 10.8 Å². The zero-order valence-corrected chi connectivity index (χ0v) is 18.8. The smallest absolute Gasteiger partial charge is 0.411 e. The van der Waals surface area contributed by atoms with Crippen LogP contribution in [0, 0.1) is 0 Å². The van der Waals surface area contributed by atoms with Crippen LogP contribution < -0.4 is 9.64 Å². The molecule has 0 saturated carbocycles. The van der Waals surface area contributed by atoms with Gasteiger partial charge in [0, 0.05) is 30.9 Å². The third-order valence-corrected chi connectivity index (χ3v) is 6.18. The molecule has 0 radical (unpaired) electrons. The highest BCUT2D eigenvalue weighted by Gasteiger charge is 2.38. The van der Waals surface area contributed by atoms with Gasteiger partial charge in [-0.15, -0.1) is 13.2 Å². The zero-order valence-electron chi connectivity index (χ0n) is 18.8. The van der Waals surface area contributed by atoms with Crippen molar-refractivity contribution in [2.75, 3.05) is 19.0 Å². The van der Waals surface area contributed by atoms with Crippen molar-refractivity contribution in [2.45, 2.75) is 57.7 Å². The molecule has 7 heteroatoms. The van der Waals surface area contributed by atoms with Crippen LogP contribution in [0.5, 0.6) is 5.75 Å². The SMILES string of the molecule is CN(C)c1cc2c(cc1-c1cc(/C=N/O)ccc1OC(F)(F)F)C(C)(C)CCC2(C)C. The van der Waals surface area contributed by atoms with Gasteiger partial charge in [-0.1, -0.05) is 32.9 Å². The van der Waals surface area contributed by atoms with Crippen LogP contribution in [0.25, 0.3) is 11.1 Å². The Morgan fingerprint density at radius 2 is 1.55 bits per heavy atom. The van der Waals surface area contributed by atoms with Gasteiger partial charge in [0.15, 0.2) is 0 Å². The predicted molar refractivity (Wildman–Crippen MR) is 118 cm³/mol. The molecule has 1 aliphatic rings. The quantitative estimate of drug-likeness (QED) is 0.341. The fourth-order valence-electron chi connectivity index (χ4n) is 4.31. The van der Waals surface area contributed by atoms with Crippen LogP contribution in [-0.4, -0.2) is 31.9 Å². The average Bonchev–Trinajstić information content (AvgIpc) is 2.65. The van der Waals surface area contributed by atoms with E-state index in [0.29, 0.717) is 16.7 Å². The second kappa shape index (κ2) is 7.77. The minimum absolute atomic E-state index is 0.0369. The summed E-state index contributed by atoms with van der Waals surface area (Å²) in [6.45, 7) is 8.75. The molecule has 0 atom stereocenters. The molecule has 0 saturated heterocycles. The Labute approximate surface area is 181 Å². The molecule has 0 heterocycles. The maximum absolute atomic E-state index is 13.1. The Morgan fingerprint density at radius 1 is 0.968 bits per heavy atom. The summed E-state index contributed by atoms with van der Waals surface area (Å²) >= 11 is 0. The van der Waals surface area contributed by atoms with Gasteiger partial charge in [0.1, 0.15) is 5.75 Å². The Hall–Kier alpha value is -2.70. The Bertz CT molecular complexity index is 1010. The first-order chi connectivity index (χ1) is 14.2. The van der Waals surface area contributed by atoms with E-state index in [1.54, 1.807) is 6.07 Å². The molecule has 0 fully saturated rings. The highest BCUT2D eigenvalue weighted by molar-refractivity contribution is 5.89. The van der Waals surface area contributed by atoms with Gasteiger partial charge in [-0.25, -0.2) is 0 Å². The van der Waals surface area contributed by atoms with E-state index in [4.69, 9.17) is 5.21 Å². The van der Waals surface area contributed by atoms with Crippen molar-refractivity contribution >= 4 is 11.9 Å². The lowest BCUT2D eigenvalue weighted by Crippen LogP contribution is -2.34. The van der Waals surface area contributed by atoms with E-state index < -0.39 is 6.36 Å². The summed E-state index contributed by atoms with van der Waals surface area (Å²) in [6.07, 6.45) is -1.63. The molecule has 168 valence electrons. The second-order valence-electron chi connectivity index (χ2n) is 9.63. The molecule has 0 unspecified atom stereocenters. The molecule has 1 N–H and O–H groups in total. The van der Waals surface area contributed by atoms with Gasteiger partial charge < -0.3 is 14.8 Å². The van der Waals surface area contributed by atoms with E-state index in [1.807, 2.05) is 25.1 Å². The molecule has 3 rings (SSSR count).